The van der Waals surface area contributed by atoms with Crippen molar-refractivity contribution in [2.75, 3.05) is 14.2 Å². The fourth-order valence-corrected chi connectivity index (χ4v) is 2.83. The Hall–Kier alpha value is -2.56. The molecule has 3 rings (SSSR count). The number of methoxy groups -OCH3 is 2. The number of carbonyl (C=O) groups is 1. The molecule has 0 saturated carbocycles. The lowest BCUT2D eigenvalue weighted by atomic mass is 10.1. The molecule has 1 aromatic heterocycles. The number of allylic oxidation sites excluding steroid dienone is 1. The summed E-state index contributed by atoms with van der Waals surface area (Å²) in [6.07, 6.45) is 8.35. The lowest BCUT2D eigenvalue weighted by Crippen LogP contribution is -2.08. The van der Waals surface area contributed by atoms with E-state index in [9.17, 15) is 4.79 Å². The minimum atomic E-state index is -0.100. The molecular weight excluding hydrogens is 292 g/mol. The molecule has 0 bridgehead atoms. The number of imidazole rings is 1. The van der Waals surface area contributed by atoms with Gasteiger partial charge in [0.2, 0.25) is 5.78 Å². The quantitative estimate of drug-likeness (QED) is 0.629. The van der Waals surface area contributed by atoms with E-state index in [4.69, 9.17) is 9.47 Å². The van der Waals surface area contributed by atoms with Crippen LogP contribution in [0.15, 0.2) is 30.5 Å². The van der Waals surface area contributed by atoms with Gasteiger partial charge in [0, 0.05) is 24.7 Å². The maximum absolute atomic E-state index is 12.4. The zero-order valence-electron chi connectivity index (χ0n) is 13.4. The van der Waals surface area contributed by atoms with Crippen molar-refractivity contribution in [2.24, 2.45) is 0 Å². The Morgan fingerprint density at radius 2 is 2.13 bits per heavy atom. The third-order valence-corrected chi connectivity index (χ3v) is 4.01. The molecule has 120 valence electrons. The molecule has 1 aliphatic rings. The van der Waals surface area contributed by atoms with E-state index >= 15 is 0 Å². The Balaban J connectivity index is 1.82. The van der Waals surface area contributed by atoms with Crippen LogP contribution in [0.3, 0.4) is 0 Å². The van der Waals surface area contributed by atoms with E-state index in [0.717, 1.165) is 37.2 Å². The van der Waals surface area contributed by atoms with Crippen molar-refractivity contribution in [1.29, 1.82) is 0 Å². The molecule has 0 spiro atoms. The number of aromatic nitrogens is 2. The lowest BCUT2D eigenvalue weighted by molar-refractivity contribution is 0.104. The molecule has 23 heavy (non-hydrogen) atoms. The Labute approximate surface area is 135 Å². The van der Waals surface area contributed by atoms with Gasteiger partial charge in [0.15, 0.2) is 11.5 Å². The van der Waals surface area contributed by atoms with E-state index in [1.165, 1.54) is 6.08 Å². The Kier molecular flexibility index (Phi) is 4.46. The van der Waals surface area contributed by atoms with Gasteiger partial charge in [-0.3, -0.25) is 4.79 Å². The average molecular weight is 312 g/mol. The molecule has 0 aliphatic carbocycles. The summed E-state index contributed by atoms with van der Waals surface area (Å²) in [5, 5.41) is 0. The van der Waals surface area contributed by atoms with Crippen LogP contribution in [-0.2, 0) is 13.0 Å². The predicted octanol–water partition coefficient (Wildman–Crippen LogP) is 3.13. The largest absolute Gasteiger partial charge is 0.493 e. The molecule has 0 saturated heterocycles. The van der Waals surface area contributed by atoms with E-state index in [1.807, 2.05) is 24.4 Å². The molecule has 1 aliphatic heterocycles. The third kappa shape index (κ3) is 3.13. The lowest BCUT2D eigenvalue weighted by Gasteiger charge is -2.11. The van der Waals surface area contributed by atoms with E-state index in [0.29, 0.717) is 17.2 Å². The monoisotopic (exact) mass is 312 g/mol. The fraction of sp³-hybridized carbons (Fsp3) is 0.333. The van der Waals surface area contributed by atoms with Gasteiger partial charge in [-0.05, 0) is 31.1 Å². The second-order valence-corrected chi connectivity index (χ2v) is 5.47. The number of hydrogen-bond donors (Lipinski definition) is 0. The molecule has 0 atom stereocenters. The number of carbonyl (C=O) groups excluding carboxylic acids is 1. The van der Waals surface area contributed by atoms with Crippen LogP contribution in [0.1, 0.15) is 34.7 Å². The van der Waals surface area contributed by atoms with Crippen LogP contribution in [0.2, 0.25) is 0 Å². The van der Waals surface area contributed by atoms with Crippen LogP contribution in [0.5, 0.6) is 11.5 Å². The van der Waals surface area contributed by atoms with E-state index in [1.54, 1.807) is 20.3 Å². The molecule has 0 fully saturated rings. The number of para-hydroxylation sites is 1. The van der Waals surface area contributed by atoms with Crippen LogP contribution < -0.4 is 9.47 Å². The molecule has 0 radical (unpaired) electrons. The average Bonchev–Trinajstić information content (AvgIpc) is 3.03. The summed E-state index contributed by atoms with van der Waals surface area (Å²) in [6.45, 7) is 0.947. The number of nitrogens with zero attached hydrogens (tertiary/aromatic N) is 2. The first-order chi connectivity index (χ1) is 11.2. The van der Waals surface area contributed by atoms with Gasteiger partial charge in [-0.1, -0.05) is 12.1 Å². The molecular formula is C18H20N2O3. The third-order valence-electron chi connectivity index (χ3n) is 4.01. The molecule has 0 N–H and O–H groups in total. The van der Waals surface area contributed by atoms with Crippen LogP contribution in [-0.4, -0.2) is 29.6 Å². The number of fused-ring (bicyclic) bond motifs is 1. The Bertz CT molecular complexity index is 723. The number of benzene rings is 1. The first-order valence-electron chi connectivity index (χ1n) is 7.72. The van der Waals surface area contributed by atoms with Crippen LogP contribution in [0.25, 0.3) is 6.08 Å². The normalized spacial score (nSPS) is 13.8. The summed E-state index contributed by atoms with van der Waals surface area (Å²) in [6, 6.07) is 5.56. The van der Waals surface area contributed by atoms with Crippen LogP contribution >= 0.6 is 0 Å². The van der Waals surface area contributed by atoms with Gasteiger partial charge in [-0.2, -0.15) is 0 Å². The van der Waals surface area contributed by atoms with Gasteiger partial charge in [0.1, 0.15) is 11.5 Å². The molecule has 1 aromatic carbocycles. The number of rotatable bonds is 5. The fourth-order valence-electron chi connectivity index (χ4n) is 2.83. The van der Waals surface area contributed by atoms with Gasteiger partial charge < -0.3 is 14.0 Å². The smallest absolute Gasteiger partial charge is 0.205 e. The first-order valence-corrected chi connectivity index (χ1v) is 7.72. The van der Waals surface area contributed by atoms with Gasteiger partial charge in [-0.15, -0.1) is 0 Å². The first kappa shape index (κ1) is 15.3. The highest BCUT2D eigenvalue weighted by Crippen LogP contribution is 2.31. The predicted molar refractivity (Wildman–Crippen MR) is 88.1 cm³/mol. The SMILES string of the molecule is COc1cccc(/C=C/C(=O)c2cn3c(n2)CCCC3)c1OC. The number of aryl methyl sites for hydroxylation is 2. The molecule has 0 amide bonds. The molecule has 0 unspecified atom stereocenters. The van der Waals surface area contributed by atoms with Crippen LogP contribution in [0, 0.1) is 0 Å². The van der Waals surface area contributed by atoms with Crippen molar-refractivity contribution < 1.29 is 14.3 Å². The van der Waals surface area contributed by atoms with Crippen molar-refractivity contribution in [1.82, 2.24) is 9.55 Å². The van der Waals surface area contributed by atoms with E-state index in [-0.39, 0.29) is 5.78 Å². The van der Waals surface area contributed by atoms with Crippen molar-refractivity contribution >= 4 is 11.9 Å². The molecule has 2 aromatic rings. The highest BCUT2D eigenvalue weighted by molar-refractivity contribution is 6.05. The van der Waals surface area contributed by atoms with Crippen molar-refractivity contribution in [3.8, 4) is 11.5 Å². The Morgan fingerprint density at radius 1 is 1.26 bits per heavy atom. The van der Waals surface area contributed by atoms with Crippen molar-refractivity contribution in [3.63, 3.8) is 0 Å². The Morgan fingerprint density at radius 3 is 2.87 bits per heavy atom. The molecule has 5 heteroatoms. The van der Waals surface area contributed by atoms with E-state index < -0.39 is 0 Å². The minimum absolute atomic E-state index is 0.100. The van der Waals surface area contributed by atoms with Gasteiger partial charge in [0.05, 0.1) is 14.2 Å². The maximum atomic E-state index is 12.4. The molecule has 2 heterocycles. The molecule has 5 nitrogen and oxygen atoms in total. The summed E-state index contributed by atoms with van der Waals surface area (Å²) in [5.74, 6) is 2.16. The standard InChI is InChI=1S/C18H20N2O3/c1-22-16-7-5-6-13(18(16)23-2)9-10-15(21)14-12-20-11-4-3-8-17(20)19-14/h5-7,9-10,12H,3-4,8,11H2,1-2H3/b10-9+. The van der Waals surface area contributed by atoms with Gasteiger partial charge in [-0.25, -0.2) is 4.98 Å². The number of ketones is 1. The maximum Gasteiger partial charge on any atom is 0.205 e. The van der Waals surface area contributed by atoms with E-state index in [2.05, 4.69) is 9.55 Å². The van der Waals surface area contributed by atoms with Gasteiger partial charge >= 0.3 is 0 Å². The zero-order chi connectivity index (χ0) is 16.2. The summed E-state index contributed by atoms with van der Waals surface area (Å²) < 4.78 is 12.7. The summed E-state index contributed by atoms with van der Waals surface area (Å²) in [5.41, 5.74) is 1.30. The number of ether oxygens (including phenoxy) is 2. The zero-order valence-corrected chi connectivity index (χ0v) is 13.4. The second kappa shape index (κ2) is 6.69. The van der Waals surface area contributed by atoms with Crippen LogP contribution in [0.4, 0.5) is 0 Å². The van der Waals surface area contributed by atoms with Crippen molar-refractivity contribution in [3.05, 3.63) is 47.6 Å². The second-order valence-electron chi connectivity index (χ2n) is 5.47. The van der Waals surface area contributed by atoms with Gasteiger partial charge in [0.25, 0.3) is 0 Å². The summed E-state index contributed by atoms with van der Waals surface area (Å²) >= 11 is 0. The van der Waals surface area contributed by atoms with Crippen molar-refractivity contribution in [2.45, 2.75) is 25.8 Å². The number of hydrogen-bond acceptors (Lipinski definition) is 4. The minimum Gasteiger partial charge on any atom is -0.493 e. The topological polar surface area (TPSA) is 53.4 Å². The summed E-state index contributed by atoms with van der Waals surface area (Å²) in [7, 11) is 3.17. The summed E-state index contributed by atoms with van der Waals surface area (Å²) in [4.78, 5) is 16.8. The highest BCUT2D eigenvalue weighted by Gasteiger charge is 2.15. The highest BCUT2D eigenvalue weighted by atomic mass is 16.5.